The lowest BCUT2D eigenvalue weighted by Crippen LogP contribution is -2.55. The van der Waals surface area contributed by atoms with Crippen molar-refractivity contribution >= 4 is 17.5 Å². The highest BCUT2D eigenvalue weighted by atomic mass is 16.4. The third-order valence-corrected chi connectivity index (χ3v) is 6.98. The van der Waals surface area contributed by atoms with Crippen LogP contribution in [0, 0.1) is 39.9 Å². The first-order valence-corrected chi connectivity index (χ1v) is 8.62. The monoisotopic (exact) mass is 329 g/mol. The molecule has 5 atom stereocenters. The summed E-state index contributed by atoms with van der Waals surface area (Å²) in [5.74, 6) is -1.15. The smallest absolute Gasteiger partial charge is 0.309 e. The van der Waals surface area contributed by atoms with Gasteiger partial charge in [0.1, 0.15) is 0 Å². The van der Waals surface area contributed by atoms with Crippen molar-refractivity contribution in [2.75, 3.05) is 0 Å². The van der Waals surface area contributed by atoms with Gasteiger partial charge < -0.3 is 5.11 Å². The lowest BCUT2D eigenvalue weighted by Gasteiger charge is -2.56. The van der Waals surface area contributed by atoms with Crippen molar-refractivity contribution in [3.8, 4) is 6.07 Å². The molecule has 3 aliphatic rings. The number of hydrogen-bond acceptors (Lipinski definition) is 4. The number of Topliss-reactive ketones (excluding diaryl/α,β-unsaturated/α-hetero) is 1. The average Bonchev–Trinajstić information content (AvgIpc) is 2.52. The maximum absolute atomic E-state index is 12.7. The molecule has 24 heavy (non-hydrogen) atoms. The van der Waals surface area contributed by atoms with Crippen LogP contribution < -0.4 is 0 Å². The number of carbonyl (C=O) groups excluding carboxylic acids is 2. The van der Waals surface area contributed by atoms with E-state index >= 15 is 0 Å². The van der Waals surface area contributed by atoms with E-state index in [0.717, 1.165) is 6.42 Å². The third-order valence-electron chi connectivity index (χ3n) is 6.98. The van der Waals surface area contributed by atoms with E-state index < -0.39 is 11.4 Å². The quantitative estimate of drug-likeness (QED) is 0.840. The van der Waals surface area contributed by atoms with Crippen LogP contribution in [0.5, 0.6) is 0 Å². The standard InChI is InChI=1S/C19H23NO4/c1-18-6-3-11(21)9-15(18)16(22)10-12-13(18)4-7-19(2,17(23)24)14(12)5-8-20/h9,12-14H,3-7,10H2,1-2H3,(H,23,24)/t12-,13+,14+,18-,19+/m1/s1. The molecule has 0 aromatic rings. The summed E-state index contributed by atoms with van der Waals surface area (Å²) in [6.45, 7) is 3.77. The topological polar surface area (TPSA) is 95.2 Å². The number of carboxylic acid groups (broad SMARTS) is 1. The minimum Gasteiger partial charge on any atom is -0.481 e. The second-order valence-electron chi connectivity index (χ2n) is 8.07. The molecule has 5 heteroatoms. The molecule has 1 N–H and O–H groups in total. The fourth-order valence-corrected chi connectivity index (χ4v) is 5.45. The number of hydrogen-bond donors (Lipinski definition) is 1. The normalized spacial score (nSPS) is 41.7. The van der Waals surface area contributed by atoms with Gasteiger partial charge in [0.2, 0.25) is 0 Å². The SMILES string of the molecule is C[C@]12CCC(=O)C=C1C(=O)C[C@@H]1[C@@H]2CC[C@](C)(C(=O)O)[C@H]1CC#N. The number of nitrogens with zero attached hydrogens (tertiary/aromatic N) is 1. The van der Waals surface area contributed by atoms with Crippen LogP contribution in [0.1, 0.15) is 52.4 Å². The maximum Gasteiger partial charge on any atom is 0.309 e. The van der Waals surface area contributed by atoms with E-state index in [-0.39, 0.29) is 47.6 Å². The first kappa shape index (κ1) is 16.9. The summed E-state index contributed by atoms with van der Waals surface area (Å²) in [6.07, 6.45) is 4.26. The lowest BCUT2D eigenvalue weighted by molar-refractivity contribution is -0.162. The fourth-order valence-electron chi connectivity index (χ4n) is 5.45. The van der Waals surface area contributed by atoms with E-state index in [9.17, 15) is 24.8 Å². The molecule has 0 heterocycles. The summed E-state index contributed by atoms with van der Waals surface area (Å²) in [5.41, 5.74) is -0.685. The van der Waals surface area contributed by atoms with Crippen LogP contribution in [0.3, 0.4) is 0 Å². The van der Waals surface area contributed by atoms with E-state index in [1.54, 1.807) is 6.92 Å². The van der Waals surface area contributed by atoms with Crippen LogP contribution >= 0.6 is 0 Å². The van der Waals surface area contributed by atoms with Crippen LogP contribution in [0.25, 0.3) is 0 Å². The number of fused-ring (bicyclic) bond motifs is 3. The maximum atomic E-state index is 12.7. The second kappa shape index (κ2) is 5.54. The number of aliphatic carboxylic acids is 1. The zero-order valence-electron chi connectivity index (χ0n) is 14.2. The fraction of sp³-hybridized carbons (Fsp3) is 0.684. The van der Waals surface area contributed by atoms with Crippen molar-refractivity contribution in [3.63, 3.8) is 0 Å². The van der Waals surface area contributed by atoms with Crippen LogP contribution in [0.4, 0.5) is 0 Å². The zero-order valence-corrected chi connectivity index (χ0v) is 14.2. The molecule has 0 aromatic heterocycles. The lowest BCUT2D eigenvalue weighted by atomic mass is 9.46. The van der Waals surface area contributed by atoms with Crippen molar-refractivity contribution < 1.29 is 19.5 Å². The Kier molecular flexibility index (Phi) is 3.90. The van der Waals surface area contributed by atoms with Gasteiger partial charge >= 0.3 is 5.97 Å². The van der Waals surface area contributed by atoms with Crippen molar-refractivity contribution in [2.24, 2.45) is 28.6 Å². The van der Waals surface area contributed by atoms with Crippen LogP contribution in [0.2, 0.25) is 0 Å². The Hall–Kier alpha value is -1.96. The molecular weight excluding hydrogens is 306 g/mol. The molecule has 0 aliphatic heterocycles. The molecule has 2 saturated carbocycles. The Morgan fingerprint density at radius 3 is 2.71 bits per heavy atom. The molecule has 0 saturated heterocycles. The molecule has 128 valence electrons. The molecular formula is C19H23NO4. The Morgan fingerprint density at radius 1 is 1.38 bits per heavy atom. The number of carboxylic acids is 1. The predicted molar refractivity (Wildman–Crippen MR) is 85.7 cm³/mol. The summed E-state index contributed by atoms with van der Waals surface area (Å²) in [5, 5.41) is 19.0. The highest BCUT2D eigenvalue weighted by Crippen LogP contribution is 2.61. The highest BCUT2D eigenvalue weighted by molar-refractivity contribution is 6.05. The van der Waals surface area contributed by atoms with Gasteiger partial charge in [-0.3, -0.25) is 14.4 Å². The summed E-state index contributed by atoms with van der Waals surface area (Å²) in [4.78, 5) is 36.4. The van der Waals surface area contributed by atoms with Gasteiger partial charge in [-0.05, 0) is 55.4 Å². The molecule has 0 spiro atoms. The minimum atomic E-state index is -0.959. The molecule has 3 aliphatic carbocycles. The largest absolute Gasteiger partial charge is 0.481 e. The van der Waals surface area contributed by atoms with Gasteiger partial charge in [-0.25, -0.2) is 0 Å². The number of ketones is 2. The Balaban J connectivity index is 2.05. The zero-order chi connectivity index (χ0) is 17.7. The molecule has 0 unspecified atom stereocenters. The van der Waals surface area contributed by atoms with Crippen molar-refractivity contribution in [1.29, 1.82) is 5.26 Å². The van der Waals surface area contributed by atoms with Crippen LogP contribution in [0.15, 0.2) is 11.6 Å². The highest BCUT2D eigenvalue weighted by Gasteiger charge is 2.59. The van der Waals surface area contributed by atoms with Crippen molar-refractivity contribution in [1.82, 2.24) is 0 Å². The number of rotatable bonds is 2. The van der Waals surface area contributed by atoms with Gasteiger partial charge in [0.05, 0.1) is 11.5 Å². The van der Waals surface area contributed by atoms with E-state index in [1.807, 2.05) is 6.92 Å². The number of carbonyl (C=O) groups is 3. The summed E-state index contributed by atoms with van der Waals surface area (Å²) in [6, 6.07) is 2.14. The molecule has 3 rings (SSSR count). The van der Waals surface area contributed by atoms with Gasteiger partial charge in [0.15, 0.2) is 11.6 Å². The number of nitriles is 1. The molecule has 0 radical (unpaired) electrons. The molecule has 2 fully saturated rings. The number of allylic oxidation sites excluding steroid dienone is 2. The van der Waals surface area contributed by atoms with Gasteiger partial charge in [0.25, 0.3) is 0 Å². The van der Waals surface area contributed by atoms with Crippen molar-refractivity contribution in [3.05, 3.63) is 11.6 Å². The van der Waals surface area contributed by atoms with E-state index in [0.29, 0.717) is 24.8 Å². The van der Waals surface area contributed by atoms with Crippen LogP contribution in [-0.4, -0.2) is 22.6 Å². The first-order chi connectivity index (χ1) is 11.2. The third kappa shape index (κ3) is 2.23. The van der Waals surface area contributed by atoms with Gasteiger partial charge in [-0.2, -0.15) is 5.26 Å². The van der Waals surface area contributed by atoms with Gasteiger partial charge in [-0.15, -0.1) is 0 Å². The second-order valence-corrected chi connectivity index (χ2v) is 8.07. The molecule has 5 nitrogen and oxygen atoms in total. The Labute approximate surface area is 141 Å². The summed E-state index contributed by atoms with van der Waals surface area (Å²) in [7, 11) is 0. The average molecular weight is 329 g/mol. The summed E-state index contributed by atoms with van der Waals surface area (Å²) >= 11 is 0. The van der Waals surface area contributed by atoms with Crippen molar-refractivity contribution in [2.45, 2.75) is 52.4 Å². The van der Waals surface area contributed by atoms with Gasteiger partial charge in [-0.1, -0.05) is 6.92 Å². The molecule has 0 bridgehead atoms. The van der Waals surface area contributed by atoms with Gasteiger partial charge in [0, 0.05) is 24.8 Å². The minimum absolute atomic E-state index is 0.00836. The van der Waals surface area contributed by atoms with E-state index in [4.69, 9.17) is 0 Å². The predicted octanol–water partition coefficient (Wildman–Crippen LogP) is 2.90. The molecule has 0 amide bonds. The Morgan fingerprint density at radius 2 is 2.08 bits per heavy atom. The molecule has 0 aromatic carbocycles. The first-order valence-electron chi connectivity index (χ1n) is 8.62. The Bertz CT molecular complexity index is 688. The van der Waals surface area contributed by atoms with E-state index in [1.165, 1.54) is 6.08 Å². The van der Waals surface area contributed by atoms with E-state index in [2.05, 4.69) is 6.07 Å². The summed E-state index contributed by atoms with van der Waals surface area (Å²) < 4.78 is 0. The van der Waals surface area contributed by atoms with Crippen LogP contribution in [-0.2, 0) is 14.4 Å².